The van der Waals surface area contributed by atoms with E-state index in [2.05, 4.69) is 34.5 Å². The molecule has 0 radical (unpaired) electrons. The highest BCUT2D eigenvalue weighted by atomic mass is 79.9. The second-order valence-corrected chi connectivity index (χ2v) is 7.47. The van der Waals surface area contributed by atoms with Crippen molar-refractivity contribution in [2.45, 2.75) is 25.2 Å². The Balaban J connectivity index is 2.46. The van der Waals surface area contributed by atoms with Gasteiger partial charge in [0.15, 0.2) is 0 Å². The number of nitrogens with one attached hydrogen (secondary N) is 1. The molecule has 0 heterocycles. The van der Waals surface area contributed by atoms with Crippen molar-refractivity contribution in [1.29, 1.82) is 0 Å². The molecule has 1 aromatic rings. The maximum Gasteiger partial charge on any atom is 0.241 e. The molecule has 0 bridgehead atoms. The van der Waals surface area contributed by atoms with Crippen molar-refractivity contribution in [2.24, 2.45) is 5.92 Å². The summed E-state index contributed by atoms with van der Waals surface area (Å²) in [7, 11) is -3.54. The number of sulfonamides is 1. The molecule has 0 spiro atoms. The van der Waals surface area contributed by atoms with Crippen LogP contribution in [0.4, 0.5) is 5.69 Å². The van der Waals surface area contributed by atoms with Gasteiger partial charge in [0.2, 0.25) is 10.0 Å². The van der Waals surface area contributed by atoms with E-state index in [1.54, 1.807) is 12.1 Å². The maximum atomic E-state index is 12.1. The number of anilines is 1. The predicted molar refractivity (Wildman–Crippen MR) is 84.0 cm³/mol. The highest BCUT2D eigenvalue weighted by Crippen LogP contribution is 2.23. The fourth-order valence-electron chi connectivity index (χ4n) is 1.48. The summed E-state index contributed by atoms with van der Waals surface area (Å²) >= 11 is 3.20. The van der Waals surface area contributed by atoms with Gasteiger partial charge in [0.1, 0.15) is 0 Å². The van der Waals surface area contributed by atoms with Gasteiger partial charge in [0, 0.05) is 23.3 Å². The zero-order chi connectivity index (χ0) is 15.2. The van der Waals surface area contributed by atoms with Gasteiger partial charge in [0.05, 0.1) is 11.5 Å². The van der Waals surface area contributed by atoms with Crippen molar-refractivity contribution in [1.82, 2.24) is 4.72 Å². The van der Waals surface area contributed by atoms with Crippen LogP contribution in [0.5, 0.6) is 0 Å². The van der Waals surface area contributed by atoms with Crippen molar-refractivity contribution in [2.75, 3.05) is 25.5 Å². The highest BCUT2D eigenvalue weighted by Gasteiger charge is 2.16. The SMILES string of the molecule is CC(C)CCOCCNS(=O)(=O)c1ccc(N)cc1Br. The molecule has 1 aromatic carbocycles. The Morgan fingerprint density at radius 1 is 1.35 bits per heavy atom. The van der Waals surface area contributed by atoms with E-state index in [1.165, 1.54) is 6.07 Å². The molecule has 0 unspecified atom stereocenters. The fraction of sp³-hybridized carbons (Fsp3) is 0.538. The molecule has 3 N–H and O–H groups in total. The number of hydrogen-bond donors (Lipinski definition) is 2. The van der Waals surface area contributed by atoms with E-state index >= 15 is 0 Å². The lowest BCUT2D eigenvalue weighted by atomic mass is 10.1. The second kappa shape index (κ2) is 7.97. The van der Waals surface area contributed by atoms with Crippen LogP contribution in [-0.4, -0.2) is 28.2 Å². The minimum Gasteiger partial charge on any atom is -0.399 e. The Labute approximate surface area is 129 Å². The smallest absolute Gasteiger partial charge is 0.241 e. The monoisotopic (exact) mass is 364 g/mol. The Kier molecular flexibility index (Phi) is 6.94. The third-order valence-electron chi connectivity index (χ3n) is 2.62. The van der Waals surface area contributed by atoms with E-state index in [0.29, 0.717) is 29.3 Å². The molecule has 0 fully saturated rings. The van der Waals surface area contributed by atoms with E-state index in [0.717, 1.165) is 6.42 Å². The average molecular weight is 365 g/mol. The van der Waals surface area contributed by atoms with Gasteiger partial charge in [-0.25, -0.2) is 13.1 Å². The summed E-state index contributed by atoms with van der Waals surface area (Å²) in [6.45, 7) is 5.48. The zero-order valence-electron chi connectivity index (χ0n) is 11.7. The molecule has 0 aliphatic heterocycles. The van der Waals surface area contributed by atoms with E-state index in [9.17, 15) is 8.42 Å². The van der Waals surface area contributed by atoms with Crippen LogP contribution in [-0.2, 0) is 14.8 Å². The first-order valence-electron chi connectivity index (χ1n) is 6.45. The maximum absolute atomic E-state index is 12.1. The molecular formula is C13H21BrN2O3S. The standard InChI is InChI=1S/C13H21BrN2O3S/c1-10(2)5-7-19-8-6-16-20(17,18)13-4-3-11(15)9-12(13)14/h3-4,9-10,16H,5-8,15H2,1-2H3. The van der Waals surface area contributed by atoms with Gasteiger partial charge in [-0.15, -0.1) is 0 Å². The molecular weight excluding hydrogens is 344 g/mol. The Hall–Kier alpha value is -0.630. The highest BCUT2D eigenvalue weighted by molar-refractivity contribution is 9.10. The summed E-state index contributed by atoms with van der Waals surface area (Å²) in [4.78, 5) is 0.175. The topological polar surface area (TPSA) is 81.4 Å². The molecule has 0 amide bonds. The lowest BCUT2D eigenvalue weighted by molar-refractivity contribution is 0.128. The number of ether oxygens (including phenoxy) is 1. The minimum atomic E-state index is -3.54. The van der Waals surface area contributed by atoms with Crippen molar-refractivity contribution in [3.63, 3.8) is 0 Å². The summed E-state index contributed by atoms with van der Waals surface area (Å²) in [5.74, 6) is 0.581. The number of nitrogen functional groups attached to an aromatic ring is 1. The predicted octanol–water partition coefficient (Wildman–Crippen LogP) is 2.37. The van der Waals surface area contributed by atoms with Crippen molar-refractivity contribution >= 4 is 31.6 Å². The number of hydrogen-bond acceptors (Lipinski definition) is 4. The first-order valence-corrected chi connectivity index (χ1v) is 8.73. The second-order valence-electron chi connectivity index (χ2n) is 4.88. The summed E-state index contributed by atoms with van der Waals surface area (Å²) in [6.07, 6.45) is 0.969. The van der Waals surface area contributed by atoms with Gasteiger partial charge in [0.25, 0.3) is 0 Å². The van der Waals surface area contributed by atoms with Crippen LogP contribution in [0.25, 0.3) is 0 Å². The summed E-state index contributed by atoms with van der Waals surface area (Å²) in [5, 5.41) is 0. The van der Waals surface area contributed by atoms with Crippen LogP contribution in [0.2, 0.25) is 0 Å². The van der Waals surface area contributed by atoms with Crippen molar-refractivity contribution in [3.8, 4) is 0 Å². The molecule has 5 nitrogen and oxygen atoms in total. The molecule has 0 aromatic heterocycles. The molecule has 0 atom stereocenters. The third kappa shape index (κ3) is 5.78. The van der Waals surface area contributed by atoms with Gasteiger partial charge in [-0.05, 0) is 46.5 Å². The Bertz CT molecular complexity index is 532. The molecule has 7 heteroatoms. The van der Waals surface area contributed by atoms with E-state index in [-0.39, 0.29) is 11.4 Å². The molecule has 114 valence electrons. The van der Waals surface area contributed by atoms with Gasteiger partial charge in [-0.1, -0.05) is 13.8 Å². The summed E-state index contributed by atoms with van der Waals surface area (Å²) in [6, 6.07) is 4.59. The van der Waals surface area contributed by atoms with Crippen LogP contribution in [0.3, 0.4) is 0 Å². The quantitative estimate of drug-likeness (QED) is 0.547. The molecule has 0 saturated carbocycles. The number of rotatable bonds is 8. The van der Waals surface area contributed by atoms with Crippen LogP contribution in [0.1, 0.15) is 20.3 Å². The lowest BCUT2D eigenvalue weighted by Gasteiger charge is -2.10. The van der Waals surface area contributed by atoms with Gasteiger partial charge in [-0.3, -0.25) is 0 Å². The summed E-state index contributed by atoms with van der Waals surface area (Å²) in [5.41, 5.74) is 6.09. The molecule has 20 heavy (non-hydrogen) atoms. The molecule has 0 aliphatic rings. The van der Waals surface area contributed by atoms with Crippen LogP contribution in [0.15, 0.2) is 27.6 Å². The van der Waals surface area contributed by atoms with Gasteiger partial charge >= 0.3 is 0 Å². The van der Waals surface area contributed by atoms with Gasteiger partial charge < -0.3 is 10.5 Å². The van der Waals surface area contributed by atoms with Crippen LogP contribution < -0.4 is 10.5 Å². The van der Waals surface area contributed by atoms with Gasteiger partial charge in [-0.2, -0.15) is 0 Å². The number of benzene rings is 1. The van der Waals surface area contributed by atoms with E-state index in [4.69, 9.17) is 10.5 Å². The first kappa shape index (κ1) is 17.4. The first-order chi connectivity index (χ1) is 9.33. The zero-order valence-corrected chi connectivity index (χ0v) is 14.1. The Morgan fingerprint density at radius 2 is 2.05 bits per heavy atom. The van der Waals surface area contributed by atoms with Crippen LogP contribution in [0, 0.1) is 5.92 Å². The fourth-order valence-corrected chi connectivity index (χ4v) is 3.59. The van der Waals surface area contributed by atoms with Crippen molar-refractivity contribution < 1.29 is 13.2 Å². The number of halogens is 1. The van der Waals surface area contributed by atoms with Crippen LogP contribution >= 0.6 is 15.9 Å². The lowest BCUT2D eigenvalue weighted by Crippen LogP contribution is -2.28. The molecule has 0 aliphatic carbocycles. The molecule has 0 saturated heterocycles. The number of nitrogens with two attached hydrogens (primary N) is 1. The van der Waals surface area contributed by atoms with E-state index in [1.807, 2.05) is 0 Å². The normalized spacial score (nSPS) is 12.0. The average Bonchev–Trinajstić information content (AvgIpc) is 2.32. The summed E-state index contributed by atoms with van der Waals surface area (Å²) < 4.78 is 32.5. The third-order valence-corrected chi connectivity index (χ3v) is 5.06. The molecule has 1 rings (SSSR count). The van der Waals surface area contributed by atoms with Crippen molar-refractivity contribution in [3.05, 3.63) is 22.7 Å². The minimum absolute atomic E-state index is 0.175. The Morgan fingerprint density at radius 3 is 2.65 bits per heavy atom. The largest absolute Gasteiger partial charge is 0.399 e. The van der Waals surface area contributed by atoms with E-state index < -0.39 is 10.0 Å².